The van der Waals surface area contributed by atoms with Gasteiger partial charge in [0.2, 0.25) is 0 Å². The lowest BCUT2D eigenvalue weighted by atomic mass is 10.2. The van der Waals surface area contributed by atoms with E-state index < -0.39 is 23.1 Å². The van der Waals surface area contributed by atoms with E-state index in [1.807, 2.05) is 25.1 Å². The lowest BCUT2D eigenvalue weighted by molar-refractivity contribution is -0.141. The molecule has 0 saturated carbocycles. The summed E-state index contributed by atoms with van der Waals surface area (Å²) in [6.07, 6.45) is 1.33. The second-order valence-corrected chi connectivity index (χ2v) is 8.28. The average Bonchev–Trinajstić information content (AvgIpc) is 3.31. The van der Waals surface area contributed by atoms with E-state index in [9.17, 15) is 19.2 Å². The van der Waals surface area contributed by atoms with Crippen molar-refractivity contribution in [2.24, 2.45) is 19.1 Å². The monoisotopic (exact) mass is 456 g/mol. The van der Waals surface area contributed by atoms with Crippen molar-refractivity contribution in [3.63, 3.8) is 0 Å². The first-order chi connectivity index (χ1) is 15.2. The van der Waals surface area contributed by atoms with E-state index in [0.29, 0.717) is 4.80 Å². The van der Waals surface area contributed by atoms with Crippen LogP contribution in [0.3, 0.4) is 0 Å². The van der Waals surface area contributed by atoms with Gasteiger partial charge in [-0.15, -0.1) is 0 Å². The normalized spacial score (nSPS) is 12.1. The highest BCUT2D eigenvalue weighted by atomic mass is 32.1. The van der Waals surface area contributed by atoms with Crippen LogP contribution in [0.25, 0.3) is 21.4 Å². The van der Waals surface area contributed by atoms with Crippen LogP contribution in [0.2, 0.25) is 0 Å². The molecule has 12 heteroatoms. The van der Waals surface area contributed by atoms with Gasteiger partial charge in [0, 0.05) is 14.1 Å². The van der Waals surface area contributed by atoms with Crippen molar-refractivity contribution in [2.75, 3.05) is 7.11 Å². The smallest absolute Gasteiger partial charge is 0.332 e. The summed E-state index contributed by atoms with van der Waals surface area (Å²) < 4.78 is 10.8. The Labute approximate surface area is 184 Å². The van der Waals surface area contributed by atoms with Gasteiger partial charge in [-0.3, -0.25) is 23.5 Å². The van der Waals surface area contributed by atoms with Crippen molar-refractivity contribution < 1.29 is 14.3 Å². The number of imidazole rings is 1. The van der Waals surface area contributed by atoms with Gasteiger partial charge < -0.3 is 13.9 Å². The lowest BCUT2D eigenvalue weighted by Gasteiger charge is -2.05. The highest BCUT2D eigenvalue weighted by Gasteiger charge is 2.17. The number of benzene rings is 1. The van der Waals surface area contributed by atoms with E-state index in [2.05, 4.69) is 9.98 Å². The fraction of sp³-hybridized carbons (Fsp3) is 0.300. The summed E-state index contributed by atoms with van der Waals surface area (Å²) in [4.78, 5) is 58.0. The summed E-state index contributed by atoms with van der Waals surface area (Å²) >= 11 is 1.28. The van der Waals surface area contributed by atoms with Crippen LogP contribution < -0.4 is 16.1 Å². The van der Waals surface area contributed by atoms with Crippen LogP contribution in [0.15, 0.2) is 39.1 Å². The topological polar surface area (TPSA) is 122 Å². The van der Waals surface area contributed by atoms with Gasteiger partial charge in [0.05, 0.1) is 23.7 Å². The van der Waals surface area contributed by atoms with Gasteiger partial charge in [-0.25, -0.2) is 9.78 Å². The second-order valence-electron chi connectivity index (χ2n) is 7.27. The number of aryl methyl sites for hydroxylation is 2. The van der Waals surface area contributed by atoms with E-state index >= 15 is 0 Å². The van der Waals surface area contributed by atoms with Gasteiger partial charge in [-0.1, -0.05) is 17.4 Å². The molecular weight excluding hydrogens is 436 g/mol. The standard InChI is InChI=1S/C20H20N6O5S/c1-11-5-6-12-13(7-11)32-19(26(12)9-15(28)31-4)22-14(27)8-25-10-21-17-16(25)18(29)24(3)20(30)23(17)2/h5-7,10H,8-9H2,1-4H3. The number of amides is 1. The van der Waals surface area contributed by atoms with Crippen LogP contribution in [-0.2, 0) is 41.5 Å². The Kier molecular flexibility index (Phi) is 5.38. The van der Waals surface area contributed by atoms with Gasteiger partial charge in [0.1, 0.15) is 13.1 Å². The molecule has 0 radical (unpaired) electrons. The van der Waals surface area contributed by atoms with Crippen LogP contribution in [-0.4, -0.2) is 42.2 Å². The van der Waals surface area contributed by atoms with Crippen LogP contribution in [0.5, 0.6) is 0 Å². The predicted octanol–water partition coefficient (Wildman–Crippen LogP) is 0.0588. The number of nitrogens with zero attached hydrogens (tertiary/aromatic N) is 6. The Balaban J connectivity index is 1.80. The quantitative estimate of drug-likeness (QED) is 0.400. The number of esters is 1. The molecule has 0 aliphatic rings. The minimum Gasteiger partial charge on any atom is -0.468 e. The van der Waals surface area contributed by atoms with Crippen LogP contribution in [0.4, 0.5) is 0 Å². The SMILES string of the molecule is COC(=O)Cn1c(=NC(=O)Cn2cnc3c2c(=O)n(C)c(=O)n3C)sc2cc(C)ccc21. The van der Waals surface area contributed by atoms with Crippen LogP contribution in [0.1, 0.15) is 5.56 Å². The van der Waals surface area contributed by atoms with Gasteiger partial charge in [0.25, 0.3) is 11.5 Å². The summed E-state index contributed by atoms with van der Waals surface area (Å²) in [6, 6.07) is 5.72. The van der Waals surface area contributed by atoms with Crippen LogP contribution in [0, 0.1) is 6.92 Å². The van der Waals surface area contributed by atoms with Crippen molar-refractivity contribution in [2.45, 2.75) is 20.0 Å². The highest BCUT2D eigenvalue weighted by Crippen LogP contribution is 2.19. The van der Waals surface area contributed by atoms with Crippen molar-refractivity contribution in [3.8, 4) is 0 Å². The number of ether oxygens (including phenoxy) is 1. The first-order valence-corrected chi connectivity index (χ1v) is 10.4. The van der Waals surface area contributed by atoms with Crippen molar-refractivity contribution >= 4 is 44.6 Å². The number of aromatic nitrogens is 5. The van der Waals surface area contributed by atoms with E-state index in [1.54, 1.807) is 4.57 Å². The summed E-state index contributed by atoms with van der Waals surface area (Å²) in [7, 11) is 4.16. The molecule has 0 fully saturated rings. The summed E-state index contributed by atoms with van der Waals surface area (Å²) in [5.74, 6) is -1.01. The minimum absolute atomic E-state index is 0.0949. The molecule has 0 N–H and O–H groups in total. The molecule has 0 aliphatic carbocycles. The third-order valence-electron chi connectivity index (χ3n) is 5.10. The second kappa shape index (κ2) is 8.04. The Hall–Kier alpha value is -3.80. The maximum Gasteiger partial charge on any atom is 0.332 e. The molecule has 0 unspecified atom stereocenters. The maximum atomic E-state index is 12.8. The average molecular weight is 456 g/mol. The molecule has 0 spiro atoms. The lowest BCUT2D eigenvalue weighted by Crippen LogP contribution is -2.37. The molecule has 11 nitrogen and oxygen atoms in total. The largest absolute Gasteiger partial charge is 0.468 e. The van der Waals surface area contributed by atoms with Crippen LogP contribution >= 0.6 is 11.3 Å². The molecule has 1 aromatic carbocycles. The number of methoxy groups -OCH3 is 1. The Morgan fingerprint density at radius 1 is 1.16 bits per heavy atom. The molecule has 0 saturated heterocycles. The van der Waals surface area contributed by atoms with E-state index in [1.165, 1.54) is 48.0 Å². The number of fused-ring (bicyclic) bond motifs is 2. The first kappa shape index (κ1) is 21.4. The molecule has 4 rings (SSSR count). The van der Waals surface area contributed by atoms with E-state index in [-0.39, 0.29) is 24.3 Å². The Morgan fingerprint density at radius 2 is 1.91 bits per heavy atom. The Bertz CT molecular complexity index is 1580. The minimum atomic E-state index is -0.550. The number of thiazole rings is 1. The van der Waals surface area contributed by atoms with Gasteiger partial charge in [-0.05, 0) is 24.6 Å². The Morgan fingerprint density at radius 3 is 2.62 bits per heavy atom. The predicted molar refractivity (Wildman–Crippen MR) is 117 cm³/mol. The number of carbonyl (C=O) groups excluding carboxylic acids is 2. The van der Waals surface area contributed by atoms with E-state index in [4.69, 9.17) is 4.74 Å². The van der Waals surface area contributed by atoms with E-state index in [0.717, 1.165) is 20.3 Å². The van der Waals surface area contributed by atoms with Crippen molar-refractivity contribution in [1.29, 1.82) is 0 Å². The molecule has 0 atom stereocenters. The zero-order valence-electron chi connectivity index (χ0n) is 17.9. The third kappa shape index (κ3) is 3.58. The molecule has 1 amide bonds. The number of hydrogen-bond acceptors (Lipinski definition) is 7. The number of rotatable bonds is 4. The molecule has 0 aliphatic heterocycles. The molecule has 4 aromatic rings. The fourth-order valence-corrected chi connectivity index (χ4v) is 4.56. The van der Waals surface area contributed by atoms with Crippen molar-refractivity contribution in [1.82, 2.24) is 23.3 Å². The summed E-state index contributed by atoms with van der Waals surface area (Å²) in [5, 5.41) is 0. The molecule has 0 bridgehead atoms. The summed E-state index contributed by atoms with van der Waals surface area (Å²) in [5.41, 5.74) is 1.05. The number of hydrogen-bond donors (Lipinski definition) is 0. The van der Waals surface area contributed by atoms with Crippen molar-refractivity contribution in [3.05, 3.63) is 55.7 Å². The number of carbonyl (C=O) groups is 2. The third-order valence-corrected chi connectivity index (χ3v) is 6.14. The molecule has 3 heterocycles. The zero-order chi connectivity index (χ0) is 23.2. The fourth-order valence-electron chi connectivity index (χ4n) is 3.42. The first-order valence-electron chi connectivity index (χ1n) is 9.56. The summed E-state index contributed by atoms with van der Waals surface area (Å²) in [6.45, 7) is 1.60. The molecule has 32 heavy (non-hydrogen) atoms. The van der Waals surface area contributed by atoms with Gasteiger partial charge >= 0.3 is 11.7 Å². The van der Waals surface area contributed by atoms with Gasteiger partial charge in [0.15, 0.2) is 16.0 Å². The molecule has 3 aromatic heterocycles. The maximum absolute atomic E-state index is 12.8. The highest BCUT2D eigenvalue weighted by molar-refractivity contribution is 7.16. The molecule has 166 valence electrons. The zero-order valence-corrected chi connectivity index (χ0v) is 18.7. The van der Waals surface area contributed by atoms with Gasteiger partial charge in [-0.2, -0.15) is 4.99 Å². The molecular formula is C20H20N6O5S.